The van der Waals surface area contributed by atoms with Crippen LogP contribution in [0.4, 0.5) is 17.1 Å². The normalized spacial score (nSPS) is 11.6. The lowest BCUT2D eigenvalue weighted by atomic mass is 9.97. The van der Waals surface area contributed by atoms with Crippen LogP contribution in [-0.2, 0) is 0 Å². The van der Waals surface area contributed by atoms with Crippen molar-refractivity contribution >= 4 is 81.3 Å². The standard InChI is InChI=1S/C52H33NOS/c1-3-11-34(12-4-1)37-19-20-39-32-42(27-23-38(39)31-37)53(41-25-21-35(22-26-41)40-24-30-49-46(33-40)44-15-7-9-17-48(44)54-49)47-29-28-43(36-13-5-2-6-14-36)51-45-16-8-10-18-50(45)55-52(47)51/h1-33H. The SMILES string of the molecule is c1ccc(-c2ccc3cc(N(c4ccc(-c5ccc6oc7ccccc7c6c5)cc4)c4ccc(-c5ccccc5)c5c4sc4ccccc45)ccc3c2)cc1. The molecule has 11 aromatic rings. The highest BCUT2D eigenvalue weighted by Crippen LogP contribution is 2.49. The predicted octanol–water partition coefficient (Wildman–Crippen LogP) is 15.6. The second-order valence-electron chi connectivity index (χ2n) is 14.1. The van der Waals surface area contributed by atoms with Gasteiger partial charge < -0.3 is 9.32 Å². The monoisotopic (exact) mass is 719 g/mol. The predicted molar refractivity (Wildman–Crippen MR) is 235 cm³/mol. The number of benzene rings is 9. The minimum Gasteiger partial charge on any atom is -0.456 e. The van der Waals surface area contributed by atoms with E-state index in [4.69, 9.17) is 4.42 Å². The van der Waals surface area contributed by atoms with Crippen molar-refractivity contribution in [3.05, 3.63) is 200 Å². The molecule has 0 bridgehead atoms. The molecule has 0 saturated carbocycles. The van der Waals surface area contributed by atoms with Crippen LogP contribution in [0.5, 0.6) is 0 Å². The van der Waals surface area contributed by atoms with Gasteiger partial charge in [0.05, 0.1) is 10.4 Å². The third kappa shape index (κ3) is 5.40. The molecule has 0 saturated heterocycles. The number of rotatable bonds is 6. The number of nitrogens with zero attached hydrogens (tertiary/aromatic N) is 1. The fourth-order valence-electron chi connectivity index (χ4n) is 8.17. The van der Waals surface area contributed by atoms with Gasteiger partial charge in [0.25, 0.3) is 0 Å². The van der Waals surface area contributed by atoms with Crippen molar-refractivity contribution in [2.24, 2.45) is 0 Å². The molecule has 2 nitrogen and oxygen atoms in total. The Balaban J connectivity index is 1.09. The van der Waals surface area contributed by atoms with E-state index in [1.165, 1.54) is 53.2 Å². The van der Waals surface area contributed by atoms with Crippen molar-refractivity contribution in [1.29, 1.82) is 0 Å². The van der Waals surface area contributed by atoms with Crippen LogP contribution in [0.1, 0.15) is 0 Å². The van der Waals surface area contributed by atoms with Gasteiger partial charge in [0.1, 0.15) is 11.2 Å². The Morgan fingerprint density at radius 1 is 0.382 bits per heavy atom. The summed E-state index contributed by atoms with van der Waals surface area (Å²) in [5, 5.41) is 7.27. The molecule has 258 valence electrons. The van der Waals surface area contributed by atoms with E-state index in [0.29, 0.717) is 0 Å². The molecule has 0 spiro atoms. The van der Waals surface area contributed by atoms with Crippen LogP contribution in [0.15, 0.2) is 205 Å². The van der Waals surface area contributed by atoms with Gasteiger partial charge in [-0.3, -0.25) is 0 Å². The smallest absolute Gasteiger partial charge is 0.135 e. The molecule has 9 aromatic carbocycles. The van der Waals surface area contributed by atoms with E-state index in [2.05, 4.69) is 193 Å². The summed E-state index contributed by atoms with van der Waals surface area (Å²) in [5.41, 5.74) is 12.4. The van der Waals surface area contributed by atoms with Crippen molar-refractivity contribution in [2.45, 2.75) is 0 Å². The van der Waals surface area contributed by atoms with Gasteiger partial charge >= 0.3 is 0 Å². The van der Waals surface area contributed by atoms with Gasteiger partial charge in [0.15, 0.2) is 0 Å². The van der Waals surface area contributed by atoms with Gasteiger partial charge in [-0.2, -0.15) is 0 Å². The molecule has 0 aliphatic heterocycles. The lowest BCUT2D eigenvalue weighted by Gasteiger charge is -2.27. The topological polar surface area (TPSA) is 16.4 Å². The molecule has 0 aliphatic rings. The summed E-state index contributed by atoms with van der Waals surface area (Å²) in [4.78, 5) is 2.44. The first-order valence-electron chi connectivity index (χ1n) is 18.7. The molecule has 0 amide bonds. The highest BCUT2D eigenvalue weighted by molar-refractivity contribution is 7.26. The minimum absolute atomic E-state index is 0.909. The fraction of sp³-hybridized carbons (Fsp3) is 0. The summed E-state index contributed by atoms with van der Waals surface area (Å²) in [6.07, 6.45) is 0. The molecular formula is C52H33NOS. The molecular weight excluding hydrogens is 687 g/mol. The zero-order valence-corrected chi connectivity index (χ0v) is 30.6. The molecule has 55 heavy (non-hydrogen) atoms. The average Bonchev–Trinajstić information content (AvgIpc) is 3.83. The molecule has 11 rings (SSSR count). The summed E-state index contributed by atoms with van der Waals surface area (Å²) in [5.74, 6) is 0. The van der Waals surface area contributed by atoms with E-state index < -0.39 is 0 Å². The summed E-state index contributed by atoms with van der Waals surface area (Å²) < 4.78 is 8.69. The highest BCUT2D eigenvalue weighted by atomic mass is 32.1. The van der Waals surface area contributed by atoms with E-state index in [-0.39, 0.29) is 0 Å². The highest BCUT2D eigenvalue weighted by Gasteiger charge is 2.21. The maximum Gasteiger partial charge on any atom is 0.135 e. The summed E-state index contributed by atoms with van der Waals surface area (Å²) in [7, 11) is 0. The quantitative estimate of drug-likeness (QED) is 0.170. The van der Waals surface area contributed by atoms with E-state index in [0.717, 1.165) is 50.1 Å². The van der Waals surface area contributed by atoms with E-state index in [1.807, 2.05) is 23.5 Å². The van der Waals surface area contributed by atoms with Crippen molar-refractivity contribution < 1.29 is 4.42 Å². The Kier molecular flexibility index (Phi) is 7.39. The minimum atomic E-state index is 0.909. The van der Waals surface area contributed by atoms with Crippen molar-refractivity contribution in [3.63, 3.8) is 0 Å². The third-order valence-corrected chi connectivity index (χ3v) is 12.0. The molecule has 0 N–H and O–H groups in total. The summed E-state index contributed by atoms with van der Waals surface area (Å²) in [6.45, 7) is 0. The molecule has 0 fully saturated rings. The second kappa shape index (κ2) is 12.9. The number of hydrogen-bond donors (Lipinski definition) is 0. The van der Waals surface area contributed by atoms with Crippen LogP contribution in [-0.4, -0.2) is 0 Å². The zero-order chi connectivity index (χ0) is 36.3. The molecule has 3 heteroatoms. The number of hydrogen-bond acceptors (Lipinski definition) is 3. The third-order valence-electron chi connectivity index (χ3n) is 10.9. The van der Waals surface area contributed by atoms with E-state index in [1.54, 1.807) is 0 Å². The maximum absolute atomic E-state index is 6.14. The number of anilines is 3. The molecule has 0 atom stereocenters. The van der Waals surface area contributed by atoms with Gasteiger partial charge in [0.2, 0.25) is 0 Å². The van der Waals surface area contributed by atoms with Crippen LogP contribution < -0.4 is 4.90 Å². The van der Waals surface area contributed by atoms with Gasteiger partial charge in [-0.1, -0.05) is 140 Å². The Morgan fingerprint density at radius 2 is 0.982 bits per heavy atom. The van der Waals surface area contributed by atoms with E-state index in [9.17, 15) is 0 Å². The van der Waals surface area contributed by atoms with Crippen LogP contribution in [0, 0.1) is 0 Å². The Morgan fingerprint density at radius 3 is 1.82 bits per heavy atom. The van der Waals surface area contributed by atoms with Gasteiger partial charge in [-0.05, 0) is 105 Å². The lowest BCUT2D eigenvalue weighted by Crippen LogP contribution is -2.10. The zero-order valence-electron chi connectivity index (χ0n) is 29.8. The first kappa shape index (κ1) is 31.6. The average molecular weight is 720 g/mol. The van der Waals surface area contributed by atoms with E-state index >= 15 is 0 Å². The van der Waals surface area contributed by atoms with Gasteiger partial charge in [-0.15, -0.1) is 11.3 Å². The first-order chi connectivity index (χ1) is 27.2. The van der Waals surface area contributed by atoms with Crippen molar-refractivity contribution in [3.8, 4) is 33.4 Å². The number of fused-ring (bicyclic) bond motifs is 7. The van der Waals surface area contributed by atoms with Crippen molar-refractivity contribution in [2.75, 3.05) is 4.90 Å². The van der Waals surface area contributed by atoms with Crippen LogP contribution in [0.3, 0.4) is 0 Å². The molecule has 0 aliphatic carbocycles. The second-order valence-corrected chi connectivity index (χ2v) is 15.2. The first-order valence-corrected chi connectivity index (χ1v) is 19.5. The van der Waals surface area contributed by atoms with Crippen LogP contribution in [0.25, 0.3) is 86.3 Å². The summed E-state index contributed by atoms with van der Waals surface area (Å²) >= 11 is 1.87. The summed E-state index contributed by atoms with van der Waals surface area (Å²) in [6, 6.07) is 72.3. The maximum atomic E-state index is 6.14. The molecule has 2 aromatic heterocycles. The van der Waals surface area contributed by atoms with Gasteiger partial charge in [0, 0.05) is 37.6 Å². The lowest BCUT2D eigenvalue weighted by molar-refractivity contribution is 0.669. The molecule has 0 radical (unpaired) electrons. The van der Waals surface area contributed by atoms with Crippen molar-refractivity contribution in [1.82, 2.24) is 0 Å². The number of para-hydroxylation sites is 1. The van der Waals surface area contributed by atoms with Gasteiger partial charge in [-0.25, -0.2) is 0 Å². The van der Waals surface area contributed by atoms with Crippen LogP contribution >= 0.6 is 11.3 Å². The Hall–Kier alpha value is -6.94. The Labute approximate surface area is 322 Å². The molecule has 2 heterocycles. The number of thiophene rings is 1. The van der Waals surface area contributed by atoms with Crippen LogP contribution in [0.2, 0.25) is 0 Å². The Bertz CT molecular complexity index is 3190. The largest absolute Gasteiger partial charge is 0.456 e. The fourth-order valence-corrected chi connectivity index (χ4v) is 9.40. The number of furan rings is 1. The molecule has 0 unspecified atom stereocenters.